The average molecular weight is 260 g/mol. The second-order valence-corrected chi connectivity index (χ2v) is 3.88. The fraction of sp³-hybridized carbons (Fsp3) is 0.333. The van der Waals surface area contributed by atoms with E-state index in [0.29, 0.717) is 18.4 Å². The summed E-state index contributed by atoms with van der Waals surface area (Å²) in [5, 5.41) is 5.99. The SMILES string of the molecule is CNc1nc(NCc2cnccc2C)nc(OC)n1. The van der Waals surface area contributed by atoms with Gasteiger partial charge in [0.05, 0.1) is 7.11 Å². The number of ether oxygens (including phenoxy) is 1. The Morgan fingerprint density at radius 2 is 2.00 bits per heavy atom. The standard InChI is InChI=1S/C12H16N6O/c1-8-4-5-14-6-9(8)7-15-11-16-10(13-2)17-12(18-11)19-3/h4-6H,7H2,1-3H3,(H2,13,15,16,17,18). The van der Waals surface area contributed by atoms with Crippen molar-refractivity contribution in [1.29, 1.82) is 0 Å². The highest BCUT2D eigenvalue weighted by Gasteiger charge is 2.06. The summed E-state index contributed by atoms with van der Waals surface area (Å²) in [6, 6.07) is 2.23. The molecule has 0 aliphatic carbocycles. The lowest BCUT2D eigenvalue weighted by Gasteiger charge is -2.09. The Bertz CT molecular complexity index is 537. The molecule has 0 fully saturated rings. The van der Waals surface area contributed by atoms with Crippen LogP contribution in [0.5, 0.6) is 6.01 Å². The van der Waals surface area contributed by atoms with E-state index in [1.54, 1.807) is 13.2 Å². The quantitative estimate of drug-likeness (QED) is 0.836. The summed E-state index contributed by atoms with van der Waals surface area (Å²) in [5.41, 5.74) is 2.25. The molecule has 0 aromatic carbocycles. The summed E-state index contributed by atoms with van der Waals surface area (Å²) in [7, 11) is 3.26. The first-order chi connectivity index (χ1) is 9.22. The highest BCUT2D eigenvalue weighted by atomic mass is 16.5. The first-order valence-electron chi connectivity index (χ1n) is 5.84. The van der Waals surface area contributed by atoms with Crippen LogP contribution in [0.25, 0.3) is 0 Å². The Morgan fingerprint density at radius 3 is 2.68 bits per heavy atom. The largest absolute Gasteiger partial charge is 0.467 e. The minimum absolute atomic E-state index is 0.268. The van der Waals surface area contributed by atoms with Crippen LogP contribution in [0.4, 0.5) is 11.9 Å². The number of hydrogen-bond donors (Lipinski definition) is 2. The van der Waals surface area contributed by atoms with Crippen molar-refractivity contribution < 1.29 is 4.74 Å². The number of nitrogens with zero attached hydrogens (tertiary/aromatic N) is 4. The molecule has 0 atom stereocenters. The van der Waals surface area contributed by atoms with Gasteiger partial charge in [-0.3, -0.25) is 4.98 Å². The lowest BCUT2D eigenvalue weighted by Crippen LogP contribution is -2.09. The number of hydrogen-bond acceptors (Lipinski definition) is 7. The number of pyridine rings is 1. The zero-order chi connectivity index (χ0) is 13.7. The predicted octanol–water partition coefficient (Wildman–Crippen LogP) is 1.24. The molecule has 0 aliphatic heterocycles. The van der Waals surface area contributed by atoms with Gasteiger partial charge in [-0.25, -0.2) is 0 Å². The van der Waals surface area contributed by atoms with Crippen LogP contribution in [0.3, 0.4) is 0 Å². The van der Waals surface area contributed by atoms with E-state index in [1.807, 2.05) is 19.2 Å². The maximum atomic E-state index is 5.02. The average Bonchev–Trinajstić information content (AvgIpc) is 2.46. The highest BCUT2D eigenvalue weighted by molar-refractivity contribution is 5.36. The summed E-state index contributed by atoms with van der Waals surface area (Å²) in [4.78, 5) is 16.5. The second kappa shape index (κ2) is 5.94. The smallest absolute Gasteiger partial charge is 0.322 e. The van der Waals surface area contributed by atoms with E-state index in [4.69, 9.17) is 4.74 Å². The van der Waals surface area contributed by atoms with Crippen LogP contribution in [-0.4, -0.2) is 34.1 Å². The molecule has 0 bridgehead atoms. The third kappa shape index (κ3) is 3.27. The van der Waals surface area contributed by atoms with Crippen LogP contribution in [0, 0.1) is 6.92 Å². The molecule has 2 N–H and O–H groups in total. The van der Waals surface area contributed by atoms with E-state index >= 15 is 0 Å². The molecule has 7 heteroatoms. The monoisotopic (exact) mass is 260 g/mol. The van der Waals surface area contributed by atoms with Crippen LogP contribution in [0.1, 0.15) is 11.1 Å². The third-order valence-corrected chi connectivity index (χ3v) is 2.61. The Labute approximate surface area is 111 Å². The molecule has 0 saturated carbocycles. The number of aromatic nitrogens is 4. The molecule has 2 aromatic heterocycles. The lowest BCUT2D eigenvalue weighted by molar-refractivity contribution is 0.379. The predicted molar refractivity (Wildman–Crippen MR) is 72.2 cm³/mol. The number of aryl methyl sites for hydroxylation is 1. The van der Waals surface area contributed by atoms with E-state index in [-0.39, 0.29) is 6.01 Å². The van der Waals surface area contributed by atoms with Gasteiger partial charge in [-0.1, -0.05) is 0 Å². The van der Waals surface area contributed by atoms with E-state index in [2.05, 4.69) is 30.6 Å². The number of anilines is 2. The normalized spacial score (nSPS) is 10.1. The molecule has 19 heavy (non-hydrogen) atoms. The minimum atomic E-state index is 0.268. The molecular formula is C12H16N6O. The number of methoxy groups -OCH3 is 1. The molecule has 7 nitrogen and oxygen atoms in total. The van der Waals surface area contributed by atoms with Crippen molar-refractivity contribution in [2.45, 2.75) is 13.5 Å². The molecule has 0 saturated heterocycles. The third-order valence-electron chi connectivity index (χ3n) is 2.61. The zero-order valence-electron chi connectivity index (χ0n) is 11.1. The van der Waals surface area contributed by atoms with Crippen molar-refractivity contribution in [1.82, 2.24) is 19.9 Å². The molecule has 2 rings (SSSR count). The number of rotatable bonds is 5. The van der Waals surface area contributed by atoms with Gasteiger partial charge in [0.15, 0.2) is 0 Å². The maximum Gasteiger partial charge on any atom is 0.322 e. The van der Waals surface area contributed by atoms with Crippen LogP contribution >= 0.6 is 0 Å². The van der Waals surface area contributed by atoms with E-state index in [1.165, 1.54) is 7.11 Å². The van der Waals surface area contributed by atoms with Crippen molar-refractivity contribution in [2.24, 2.45) is 0 Å². The fourth-order valence-electron chi connectivity index (χ4n) is 1.49. The van der Waals surface area contributed by atoms with Gasteiger partial charge >= 0.3 is 6.01 Å². The van der Waals surface area contributed by atoms with Crippen LogP contribution in [0.2, 0.25) is 0 Å². The molecule has 0 unspecified atom stereocenters. The van der Waals surface area contributed by atoms with Gasteiger partial charge < -0.3 is 15.4 Å². The molecule has 0 spiro atoms. The summed E-state index contributed by atoms with van der Waals surface area (Å²) in [6.45, 7) is 2.63. The first-order valence-corrected chi connectivity index (χ1v) is 5.84. The molecular weight excluding hydrogens is 244 g/mol. The molecule has 2 heterocycles. The van der Waals surface area contributed by atoms with Gasteiger partial charge in [-0.05, 0) is 24.1 Å². The van der Waals surface area contributed by atoms with Crippen LogP contribution < -0.4 is 15.4 Å². The van der Waals surface area contributed by atoms with Crippen LogP contribution in [-0.2, 0) is 6.54 Å². The van der Waals surface area contributed by atoms with Crippen molar-refractivity contribution >= 4 is 11.9 Å². The van der Waals surface area contributed by atoms with Gasteiger partial charge in [0.2, 0.25) is 11.9 Å². The van der Waals surface area contributed by atoms with Gasteiger partial charge in [-0.2, -0.15) is 15.0 Å². The highest BCUT2D eigenvalue weighted by Crippen LogP contribution is 2.12. The van der Waals surface area contributed by atoms with Gasteiger partial charge in [0, 0.05) is 26.0 Å². The van der Waals surface area contributed by atoms with Crippen molar-refractivity contribution in [3.05, 3.63) is 29.6 Å². The van der Waals surface area contributed by atoms with E-state index in [0.717, 1.165) is 11.1 Å². The Kier molecular flexibility index (Phi) is 4.07. The van der Waals surface area contributed by atoms with Gasteiger partial charge in [0.1, 0.15) is 0 Å². The first kappa shape index (κ1) is 13.0. The zero-order valence-corrected chi connectivity index (χ0v) is 11.1. The molecule has 0 aliphatic rings. The Balaban J connectivity index is 2.13. The van der Waals surface area contributed by atoms with E-state index < -0.39 is 0 Å². The van der Waals surface area contributed by atoms with Crippen LogP contribution in [0.15, 0.2) is 18.5 Å². The summed E-state index contributed by atoms with van der Waals surface area (Å²) >= 11 is 0. The fourth-order valence-corrected chi connectivity index (χ4v) is 1.49. The lowest BCUT2D eigenvalue weighted by atomic mass is 10.2. The van der Waals surface area contributed by atoms with Crippen molar-refractivity contribution in [2.75, 3.05) is 24.8 Å². The van der Waals surface area contributed by atoms with Gasteiger partial charge in [0.25, 0.3) is 0 Å². The number of nitrogens with one attached hydrogen (secondary N) is 2. The topological polar surface area (TPSA) is 84.9 Å². The van der Waals surface area contributed by atoms with Crippen molar-refractivity contribution in [3.8, 4) is 6.01 Å². The molecule has 100 valence electrons. The summed E-state index contributed by atoms with van der Waals surface area (Å²) in [5.74, 6) is 0.914. The van der Waals surface area contributed by atoms with Gasteiger partial charge in [-0.15, -0.1) is 0 Å². The molecule has 0 radical (unpaired) electrons. The minimum Gasteiger partial charge on any atom is -0.467 e. The summed E-state index contributed by atoms with van der Waals surface area (Å²) < 4.78 is 5.02. The Hall–Kier alpha value is -2.44. The molecule has 0 amide bonds. The summed E-state index contributed by atoms with van der Waals surface area (Å²) in [6.07, 6.45) is 3.59. The van der Waals surface area contributed by atoms with Crippen molar-refractivity contribution in [3.63, 3.8) is 0 Å². The Morgan fingerprint density at radius 1 is 1.21 bits per heavy atom. The maximum absolute atomic E-state index is 5.02. The second-order valence-electron chi connectivity index (χ2n) is 3.88. The molecule has 2 aromatic rings. The van der Waals surface area contributed by atoms with E-state index in [9.17, 15) is 0 Å².